The van der Waals surface area contributed by atoms with E-state index in [1.807, 2.05) is 62.4 Å². The highest BCUT2D eigenvalue weighted by molar-refractivity contribution is 7.15. The molecule has 7 nitrogen and oxygen atoms in total. The fourth-order valence-electron chi connectivity index (χ4n) is 2.62. The summed E-state index contributed by atoms with van der Waals surface area (Å²) >= 11 is 1.35. The summed E-state index contributed by atoms with van der Waals surface area (Å²) in [5.74, 6) is 1.60. The molecule has 0 saturated heterocycles. The monoisotopic (exact) mass is 412 g/mol. The third kappa shape index (κ3) is 6.46. The highest BCUT2D eigenvalue weighted by Crippen LogP contribution is 2.20. The first-order chi connectivity index (χ1) is 14.0. The van der Waals surface area contributed by atoms with Crippen molar-refractivity contribution in [2.75, 3.05) is 12.4 Å². The van der Waals surface area contributed by atoms with Gasteiger partial charge >= 0.3 is 6.03 Å². The minimum atomic E-state index is -0.327. The fraction of sp³-hybridized carbons (Fsp3) is 0.286. The van der Waals surface area contributed by atoms with Gasteiger partial charge in [0.05, 0.1) is 13.2 Å². The number of hydrogen-bond donors (Lipinski definition) is 2. The van der Waals surface area contributed by atoms with E-state index in [0.717, 1.165) is 27.6 Å². The molecule has 0 aliphatic heterocycles. The van der Waals surface area contributed by atoms with E-state index in [0.29, 0.717) is 18.1 Å². The first-order valence-corrected chi connectivity index (χ1v) is 10.1. The number of urea groups is 1. The van der Waals surface area contributed by atoms with Gasteiger partial charge in [-0.2, -0.15) is 0 Å². The standard InChI is InChI=1S/C21H24N4O3S/c1-14(2)28-18-6-4-5-16(11-18)13-22-20(26)23-21-25-24-19(29-21)12-15-7-9-17(27-3)10-8-15/h4-11,14H,12-13H2,1-3H3,(H2,22,23,25,26). The summed E-state index contributed by atoms with van der Waals surface area (Å²) in [7, 11) is 1.64. The second kappa shape index (κ2) is 9.88. The lowest BCUT2D eigenvalue weighted by molar-refractivity contribution is 0.242. The van der Waals surface area contributed by atoms with E-state index in [1.54, 1.807) is 7.11 Å². The van der Waals surface area contributed by atoms with E-state index in [-0.39, 0.29) is 12.1 Å². The molecule has 2 amide bonds. The minimum Gasteiger partial charge on any atom is -0.497 e. The zero-order valence-corrected chi connectivity index (χ0v) is 17.5. The molecule has 3 aromatic rings. The Morgan fingerprint density at radius 1 is 1.07 bits per heavy atom. The summed E-state index contributed by atoms with van der Waals surface area (Å²) in [5.41, 5.74) is 2.05. The number of methoxy groups -OCH3 is 1. The lowest BCUT2D eigenvalue weighted by Gasteiger charge is -2.11. The summed E-state index contributed by atoms with van der Waals surface area (Å²) < 4.78 is 10.8. The lowest BCUT2D eigenvalue weighted by atomic mass is 10.1. The number of rotatable bonds is 8. The first-order valence-electron chi connectivity index (χ1n) is 9.27. The molecule has 0 bridgehead atoms. The predicted molar refractivity (Wildman–Crippen MR) is 114 cm³/mol. The van der Waals surface area contributed by atoms with Crippen LogP contribution in [0.4, 0.5) is 9.93 Å². The van der Waals surface area contributed by atoms with Gasteiger partial charge in [0.1, 0.15) is 16.5 Å². The van der Waals surface area contributed by atoms with Gasteiger partial charge in [0.2, 0.25) is 5.13 Å². The molecule has 8 heteroatoms. The first kappa shape index (κ1) is 20.6. The number of carbonyl (C=O) groups excluding carboxylic acids is 1. The van der Waals surface area contributed by atoms with Gasteiger partial charge in [-0.05, 0) is 49.2 Å². The van der Waals surface area contributed by atoms with Crippen molar-refractivity contribution in [3.63, 3.8) is 0 Å². The number of benzene rings is 2. The molecular weight excluding hydrogens is 388 g/mol. The molecule has 0 radical (unpaired) electrons. The van der Waals surface area contributed by atoms with Crippen molar-refractivity contribution in [2.24, 2.45) is 0 Å². The number of aromatic nitrogens is 2. The van der Waals surface area contributed by atoms with Crippen LogP contribution in [0.5, 0.6) is 11.5 Å². The van der Waals surface area contributed by atoms with E-state index in [9.17, 15) is 4.79 Å². The van der Waals surface area contributed by atoms with Crippen LogP contribution in [0.3, 0.4) is 0 Å². The molecule has 1 aromatic heterocycles. The maximum absolute atomic E-state index is 12.2. The number of amides is 2. The van der Waals surface area contributed by atoms with E-state index in [2.05, 4.69) is 20.8 Å². The highest BCUT2D eigenvalue weighted by atomic mass is 32.1. The third-order valence-corrected chi connectivity index (χ3v) is 4.76. The van der Waals surface area contributed by atoms with Crippen molar-refractivity contribution in [2.45, 2.75) is 32.9 Å². The van der Waals surface area contributed by atoms with Crippen molar-refractivity contribution in [1.29, 1.82) is 0 Å². The number of anilines is 1. The Morgan fingerprint density at radius 3 is 2.59 bits per heavy atom. The van der Waals surface area contributed by atoms with Gasteiger partial charge in [0.25, 0.3) is 0 Å². The van der Waals surface area contributed by atoms with Crippen molar-refractivity contribution in [1.82, 2.24) is 15.5 Å². The number of ether oxygens (including phenoxy) is 2. The third-order valence-electron chi connectivity index (χ3n) is 3.93. The van der Waals surface area contributed by atoms with Crippen LogP contribution in [-0.2, 0) is 13.0 Å². The zero-order valence-electron chi connectivity index (χ0n) is 16.6. The van der Waals surface area contributed by atoms with E-state index in [4.69, 9.17) is 9.47 Å². The summed E-state index contributed by atoms with van der Waals surface area (Å²) in [6.45, 7) is 4.34. The van der Waals surface area contributed by atoms with Crippen LogP contribution in [0.2, 0.25) is 0 Å². The number of nitrogens with one attached hydrogen (secondary N) is 2. The number of hydrogen-bond acceptors (Lipinski definition) is 6. The van der Waals surface area contributed by atoms with Crippen molar-refractivity contribution >= 4 is 22.5 Å². The number of nitrogens with zero attached hydrogens (tertiary/aromatic N) is 2. The Balaban J connectivity index is 1.49. The van der Waals surface area contributed by atoms with Crippen LogP contribution < -0.4 is 20.1 Å². The van der Waals surface area contributed by atoms with E-state index in [1.165, 1.54) is 11.3 Å². The topological polar surface area (TPSA) is 85.4 Å². The Hall–Kier alpha value is -3.13. The molecule has 29 heavy (non-hydrogen) atoms. The van der Waals surface area contributed by atoms with Crippen molar-refractivity contribution in [3.05, 3.63) is 64.7 Å². The van der Waals surface area contributed by atoms with Crippen LogP contribution in [0.15, 0.2) is 48.5 Å². The summed E-state index contributed by atoms with van der Waals surface area (Å²) in [5, 5.41) is 15.0. The zero-order chi connectivity index (χ0) is 20.6. The molecule has 2 N–H and O–H groups in total. The largest absolute Gasteiger partial charge is 0.497 e. The molecule has 0 unspecified atom stereocenters. The molecule has 0 aliphatic rings. The van der Waals surface area contributed by atoms with Crippen LogP contribution in [0, 0.1) is 0 Å². The molecular formula is C21H24N4O3S. The van der Waals surface area contributed by atoms with Crippen LogP contribution >= 0.6 is 11.3 Å². The highest BCUT2D eigenvalue weighted by Gasteiger charge is 2.09. The molecule has 0 aliphatic carbocycles. The normalized spacial score (nSPS) is 10.6. The summed E-state index contributed by atoms with van der Waals surface area (Å²) in [6, 6.07) is 15.1. The molecule has 3 rings (SSSR count). The minimum absolute atomic E-state index is 0.103. The molecule has 0 atom stereocenters. The Bertz CT molecular complexity index is 941. The lowest BCUT2D eigenvalue weighted by Crippen LogP contribution is -2.28. The quantitative estimate of drug-likeness (QED) is 0.578. The SMILES string of the molecule is COc1ccc(Cc2nnc(NC(=O)NCc3cccc(OC(C)C)c3)s2)cc1. The number of carbonyl (C=O) groups is 1. The maximum Gasteiger partial charge on any atom is 0.321 e. The smallest absolute Gasteiger partial charge is 0.321 e. The van der Waals surface area contributed by atoms with Crippen LogP contribution in [0.25, 0.3) is 0 Å². The van der Waals surface area contributed by atoms with Gasteiger partial charge in [0.15, 0.2) is 0 Å². The van der Waals surface area contributed by atoms with Gasteiger partial charge < -0.3 is 14.8 Å². The predicted octanol–water partition coefficient (Wildman–Crippen LogP) is 4.25. The Labute approximate surface area is 174 Å². The Morgan fingerprint density at radius 2 is 1.86 bits per heavy atom. The van der Waals surface area contributed by atoms with E-state index >= 15 is 0 Å². The van der Waals surface area contributed by atoms with Crippen LogP contribution in [-0.4, -0.2) is 29.4 Å². The van der Waals surface area contributed by atoms with Gasteiger partial charge in [-0.1, -0.05) is 35.6 Å². The molecule has 0 saturated carbocycles. The molecule has 0 fully saturated rings. The van der Waals surface area contributed by atoms with Gasteiger partial charge in [-0.25, -0.2) is 4.79 Å². The van der Waals surface area contributed by atoms with Gasteiger partial charge in [-0.15, -0.1) is 10.2 Å². The summed E-state index contributed by atoms with van der Waals surface area (Å²) in [6.07, 6.45) is 0.749. The maximum atomic E-state index is 12.2. The molecule has 1 heterocycles. The van der Waals surface area contributed by atoms with E-state index < -0.39 is 0 Å². The van der Waals surface area contributed by atoms with Crippen molar-refractivity contribution in [3.8, 4) is 11.5 Å². The second-order valence-corrected chi connectivity index (χ2v) is 7.71. The molecule has 2 aromatic carbocycles. The van der Waals surface area contributed by atoms with Crippen molar-refractivity contribution < 1.29 is 14.3 Å². The fourth-order valence-corrected chi connectivity index (χ4v) is 3.39. The summed E-state index contributed by atoms with van der Waals surface area (Å²) in [4.78, 5) is 12.2. The molecule has 0 spiro atoms. The van der Waals surface area contributed by atoms with Gasteiger partial charge in [-0.3, -0.25) is 5.32 Å². The average Bonchev–Trinajstić information content (AvgIpc) is 3.13. The molecule has 152 valence electrons. The average molecular weight is 413 g/mol. The second-order valence-electron chi connectivity index (χ2n) is 6.65. The van der Waals surface area contributed by atoms with Gasteiger partial charge in [0, 0.05) is 13.0 Å². The van der Waals surface area contributed by atoms with Crippen LogP contribution in [0.1, 0.15) is 30.0 Å². The Kier molecular flexibility index (Phi) is 7.02.